The first-order valence-electron chi connectivity index (χ1n) is 9.50. The Morgan fingerprint density at radius 1 is 1.21 bits per heavy atom. The molecule has 29 heavy (non-hydrogen) atoms. The second-order valence-electron chi connectivity index (χ2n) is 7.52. The van der Waals surface area contributed by atoms with E-state index in [9.17, 15) is 18.3 Å². The third-order valence-corrected chi connectivity index (χ3v) is 4.90. The van der Waals surface area contributed by atoms with Crippen molar-refractivity contribution < 1.29 is 23.0 Å². The van der Waals surface area contributed by atoms with E-state index in [4.69, 9.17) is 0 Å². The van der Waals surface area contributed by atoms with Crippen molar-refractivity contribution in [2.45, 2.75) is 46.1 Å². The van der Waals surface area contributed by atoms with E-state index in [1.54, 1.807) is 6.07 Å². The van der Waals surface area contributed by atoms with Crippen molar-refractivity contribution in [1.29, 1.82) is 0 Å². The summed E-state index contributed by atoms with van der Waals surface area (Å²) in [5.74, 6) is 1.09. The average molecular weight is 410 g/mol. The summed E-state index contributed by atoms with van der Waals surface area (Å²) >= 11 is 0. The van der Waals surface area contributed by atoms with Gasteiger partial charge in [0.2, 0.25) is 5.95 Å². The minimum atomic E-state index is -4.72. The van der Waals surface area contributed by atoms with Gasteiger partial charge in [-0.05, 0) is 42.5 Å². The highest BCUT2D eigenvalue weighted by atomic mass is 19.4. The smallest absolute Gasteiger partial charge is 0.406 e. The van der Waals surface area contributed by atoms with Crippen molar-refractivity contribution >= 4 is 11.8 Å². The predicted octanol–water partition coefficient (Wildman–Crippen LogP) is 3.68. The maximum absolute atomic E-state index is 12.5. The molecule has 0 aliphatic carbocycles. The zero-order chi connectivity index (χ0) is 21.2. The molecule has 1 atom stereocenters. The molecule has 3 rings (SSSR count). The number of anilines is 2. The van der Waals surface area contributed by atoms with Crippen LogP contribution in [-0.4, -0.2) is 40.6 Å². The fourth-order valence-corrected chi connectivity index (χ4v) is 3.29. The molecular weight excluding hydrogens is 385 g/mol. The van der Waals surface area contributed by atoms with Gasteiger partial charge in [0.15, 0.2) is 0 Å². The van der Waals surface area contributed by atoms with E-state index in [-0.39, 0.29) is 24.3 Å². The van der Waals surface area contributed by atoms with Gasteiger partial charge in [0, 0.05) is 24.8 Å². The van der Waals surface area contributed by atoms with Crippen molar-refractivity contribution in [1.82, 2.24) is 9.97 Å². The molecule has 9 heteroatoms. The number of benzene rings is 1. The molecule has 0 spiro atoms. The lowest BCUT2D eigenvalue weighted by atomic mass is 9.99. The van der Waals surface area contributed by atoms with Crippen LogP contribution in [0.15, 0.2) is 24.3 Å². The summed E-state index contributed by atoms with van der Waals surface area (Å²) in [6.45, 7) is 6.92. The molecule has 6 nitrogen and oxygen atoms in total. The highest BCUT2D eigenvalue weighted by Gasteiger charge is 2.31. The Morgan fingerprint density at radius 2 is 1.97 bits per heavy atom. The van der Waals surface area contributed by atoms with Gasteiger partial charge < -0.3 is 20.1 Å². The van der Waals surface area contributed by atoms with E-state index in [0.29, 0.717) is 31.3 Å². The summed E-state index contributed by atoms with van der Waals surface area (Å²) in [6, 6.07) is 6.13. The van der Waals surface area contributed by atoms with E-state index in [1.165, 1.54) is 12.1 Å². The van der Waals surface area contributed by atoms with Gasteiger partial charge in [0.25, 0.3) is 0 Å². The van der Waals surface area contributed by atoms with Gasteiger partial charge in [0.05, 0.1) is 12.6 Å². The van der Waals surface area contributed by atoms with Crippen LogP contribution in [0.4, 0.5) is 24.9 Å². The van der Waals surface area contributed by atoms with Crippen LogP contribution in [0.25, 0.3) is 0 Å². The van der Waals surface area contributed by atoms with Crippen LogP contribution in [0.3, 0.4) is 0 Å². The highest BCUT2D eigenvalue weighted by molar-refractivity contribution is 5.49. The predicted molar refractivity (Wildman–Crippen MR) is 104 cm³/mol. The number of aliphatic hydroxyl groups excluding tert-OH is 1. The van der Waals surface area contributed by atoms with Gasteiger partial charge in [-0.15, -0.1) is 13.2 Å². The molecule has 2 heterocycles. The Labute approximate surface area is 167 Å². The molecule has 1 aliphatic heterocycles. The lowest BCUT2D eigenvalue weighted by Crippen LogP contribution is -2.33. The first-order valence-corrected chi connectivity index (χ1v) is 9.50. The molecule has 1 aromatic heterocycles. The van der Waals surface area contributed by atoms with Crippen LogP contribution in [0.5, 0.6) is 5.75 Å². The first-order chi connectivity index (χ1) is 13.6. The third kappa shape index (κ3) is 5.50. The Hall–Kier alpha value is -2.55. The normalized spacial score (nSPS) is 15.2. The number of alkyl halides is 3. The van der Waals surface area contributed by atoms with Crippen LogP contribution in [0, 0.1) is 12.8 Å². The van der Waals surface area contributed by atoms with Crippen molar-refractivity contribution in [3.8, 4) is 5.75 Å². The lowest BCUT2D eigenvalue weighted by Gasteiger charge is -2.30. The van der Waals surface area contributed by atoms with Gasteiger partial charge in [-0.1, -0.05) is 19.9 Å². The highest BCUT2D eigenvalue weighted by Crippen LogP contribution is 2.30. The van der Waals surface area contributed by atoms with Gasteiger partial charge >= 0.3 is 6.36 Å². The van der Waals surface area contributed by atoms with Crippen molar-refractivity contribution in [2.24, 2.45) is 5.92 Å². The summed E-state index contributed by atoms with van der Waals surface area (Å²) in [5, 5.41) is 12.7. The summed E-state index contributed by atoms with van der Waals surface area (Å²) < 4.78 is 41.6. The zero-order valence-electron chi connectivity index (χ0n) is 16.6. The monoisotopic (exact) mass is 410 g/mol. The first kappa shape index (κ1) is 21.2. The minimum Gasteiger partial charge on any atom is -0.406 e. The second-order valence-corrected chi connectivity index (χ2v) is 7.52. The molecule has 0 bridgehead atoms. The topological polar surface area (TPSA) is 70.5 Å². The number of aliphatic hydroxyl groups is 1. The number of nitrogens with zero attached hydrogens (tertiary/aromatic N) is 3. The molecule has 1 aliphatic rings. The molecule has 1 aromatic carbocycles. The molecular formula is C20H25F3N4O2. The van der Waals surface area contributed by atoms with Gasteiger partial charge in [0.1, 0.15) is 11.6 Å². The van der Waals surface area contributed by atoms with E-state index in [2.05, 4.69) is 20.0 Å². The van der Waals surface area contributed by atoms with Crippen molar-refractivity contribution in [3.63, 3.8) is 0 Å². The van der Waals surface area contributed by atoms with Crippen LogP contribution in [-0.2, 0) is 13.0 Å². The van der Waals surface area contributed by atoms with Crippen LogP contribution in [0.1, 0.15) is 30.7 Å². The van der Waals surface area contributed by atoms with Crippen LogP contribution >= 0.6 is 0 Å². The number of hydrogen-bond donors (Lipinski definition) is 2. The number of rotatable bonds is 6. The molecule has 2 N–H and O–H groups in total. The number of fused-ring (bicyclic) bond motifs is 1. The maximum atomic E-state index is 12.5. The number of nitrogens with one attached hydrogen (secondary N) is 1. The van der Waals surface area contributed by atoms with Crippen LogP contribution in [0.2, 0.25) is 0 Å². The van der Waals surface area contributed by atoms with Gasteiger partial charge in [-0.25, -0.2) is 4.98 Å². The molecule has 0 unspecified atom stereocenters. The Bertz CT molecular complexity index is 858. The van der Waals surface area contributed by atoms with Gasteiger partial charge in [-0.3, -0.25) is 0 Å². The molecule has 158 valence electrons. The molecule has 0 saturated heterocycles. The summed E-state index contributed by atoms with van der Waals surface area (Å²) in [7, 11) is 0. The fraction of sp³-hybridized carbons (Fsp3) is 0.500. The lowest BCUT2D eigenvalue weighted by molar-refractivity contribution is -0.274. The number of hydrogen-bond acceptors (Lipinski definition) is 6. The maximum Gasteiger partial charge on any atom is 0.573 e. The standard InChI is InChI=1S/C20H25F3N4O2/c1-12(2)17(11-28)25-19-24-13(3)8-18(26-19)27-7-6-14-4-5-16(9-15(14)10-27)29-20(21,22)23/h4-5,8-9,12,17,28H,6-7,10-11H2,1-3H3,(H,24,25,26)/t17-/m0/s1. The quantitative estimate of drug-likeness (QED) is 0.757. The molecule has 0 radical (unpaired) electrons. The van der Waals surface area contributed by atoms with E-state index < -0.39 is 6.36 Å². The second kappa shape index (κ2) is 8.44. The van der Waals surface area contributed by atoms with Crippen LogP contribution < -0.4 is 15.0 Å². The molecule has 2 aromatic rings. The SMILES string of the molecule is Cc1cc(N2CCc3ccc(OC(F)(F)F)cc3C2)nc(N[C@@H](CO)C(C)C)n1. The Balaban J connectivity index is 1.81. The summed E-state index contributed by atoms with van der Waals surface area (Å²) in [6.07, 6.45) is -4.02. The van der Waals surface area contributed by atoms with E-state index in [0.717, 1.165) is 16.8 Å². The van der Waals surface area contributed by atoms with E-state index in [1.807, 2.05) is 31.7 Å². The number of halogens is 3. The average Bonchev–Trinajstić information content (AvgIpc) is 2.63. The largest absolute Gasteiger partial charge is 0.573 e. The molecule has 0 saturated carbocycles. The molecule has 0 amide bonds. The number of aromatic nitrogens is 2. The number of ether oxygens (including phenoxy) is 1. The number of aryl methyl sites for hydroxylation is 1. The summed E-state index contributed by atoms with van der Waals surface area (Å²) in [5.41, 5.74) is 2.54. The molecule has 0 fully saturated rings. The van der Waals surface area contributed by atoms with Crippen molar-refractivity contribution in [3.05, 3.63) is 41.1 Å². The Morgan fingerprint density at radius 3 is 2.62 bits per heavy atom. The third-order valence-electron chi connectivity index (χ3n) is 4.90. The minimum absolute atomic E-state index is 0.0383. The van der Waals surface area contributed by atoms with E-state index >= 15 is 0 Å². The fourth-order valence-electron chi connectivity index (χ4n) is 3.29. The zero-order valence-corrected chi connectivity index (χ0v) is 16.6. The summed E-state index contributed by atoms with van der Waals surface area (Å²) in [4.78, 5) is 11.0. The van der Waals surface area contributed by atoms with Gasteiger partial charge in [-0.2, -0.15) is 4.98 Å². The Kier molecular flexibility index (Phi) is 6.16. The van der Waals surface area contributed by atoms with Crippen molar-refractivity contribution in [2.75, 3.05) is 23.4 Å².